The SMILES string of the molecule is CN(CC(=O)N1CCNCC1)Cc1nc(-c2cccs2)no1. The zero-order valence-corrected chi connectivity index (χ0v) is 13.3. The van der Waals surface area contributed by atoms with Crippen LogP contribution in [0, 0.1) is 0 Å². The summed E-state index contributed by atoms with van der Waals surface area (Å²) < 4.78 is 5.26. The van der Waals surface area contributed by atoms with E-state index in [0.717, 1.165) is 31.1 Å². The topological polar surface area (TPSA) is 74.5 Å². The number of nitrogens with zero attached hydrogens (tertiary/aromatic N) is 4. The number of amides is 1. The van der Waals surface area contributed by atoms with E-state index in [1.165, 1.54) is 0 Å². The zero-order chi connectivity index (χ0) is 15.4. The maximum atomic E-state index is 12.2. The number of hydrogen-bond donors (Lipinski definition) is 1. The number of rotatable bonds is 5. The van der Waals surface area contributed by atoms with Gasteiger partial charge >= 0.3 is 0 Å². The molecule has 3 heterocycles. The van der Waals surface area contributed by atoms with Gasteiger partial charge in [0.15, 0.2) is 0 Å². The van der Waals surface area contributed by atoms with Crippen LogP contribution in [0.25, 0.3) is 10.7 Å². The lowest BCUT2D eigenvalue weighted by Crippen LogP contribution is -2.49. The summed E-state index contributed by atoms with van der Waals surface area (Å²) >= 11 is 1.57. The monoisotopic (exact) mass is 321 g/mol. The molecule has 1 saturated heterocycles. The van der Waals surface area contributed by atoms with E-state index in [-0.39, 0.29) is 5.91 Å². The Bertz CT molecular complexity index is 607. The maximum absolute atomic E-state index is 12.2. The first-order valence-corrected chi connectivity index (χ1v) is 8.14. The molecule has 0 aromatic carbocycles. The minimum absolute atomic E-state index is 0.141. The predicted octanol–water partition coefficient (Wildman–Crippen LogP) is 0.662. The molecule has 1 fully saturated rings. The molecule has 1 aliphatic rings. The standard InChI is InChI=1S/C14H19N5O2S/c1-18(10-13(20)19-6-4-15-5-7-19)9-12-16-14(17-21-12)11-3-2-8-22-11/h2-3,8,15H,4-7,9-10H2,1H3. The van der Waals surface area contributed by atoms with E-state index >= 15 is 0 Å². The summed E-state index contributed by atoms with van der Waals surface area (Å²) in [7, 11) is 1.88. The number of carbonyl (C=O) groups excluding carboxylic acids is 1. The Morgan fingerprint density at radius 2 is 2.32 bits per heavy atom. The van der Waals surface area contributed by atoms with Gasteiger partial charge in [0, 0.05) is 26.2 Å². The Kier molecular flexibility index (Phi) is 4.81. The van der Waals surface area contributed by atoms with Crippen LogP contribution >= 0.6 is 11.3 Å². The van der Waals surface area contributed by atoms with Crippen molar-refractivity contribution in [3.8, 4) is 10.7 Å². The van der Waals surface area contributed by atoms with Crippen LogP contribution in [0.2, 0.25) is 0 Å². The van der Waals surface area contributed by atoms with Crippen molar-refractivity contribution in [2.45, 2.75) is 6.54 Å². The van der Waals surface area contributed by atoms with Gasteiger partial charge in [-0.25, -0.2) is 0 Å². The van der Waals surface area contributed by atoms with E-state index in [1.54, 1.807) is 11.3 Å². The molecule has 0 spiro atoms. The minimum Gasteiger partial charge on any atom is -0.339 e. The van der Waals surface area contributed by atoms with Crippen LogP contribution in [0.1, 0.15) is 5.89 Å². The lowest BCUT2D eigenvalue weighted by molar-refractivity contribution is -0.132. The third-order valence-electron chi connectivity index (χ3n) is 3.49. The van der Waals surface area contributed by atoms with Crippen molar-refractivity contribution in [2.75, 3.05) is 39.8 Å². The molecule has 0 atom stereocenters. The van der Waals surface area contributed by atoms with Gasteiger partial charge in [-0.3, -0.25) is 9.69 Å². The van der Waals surface area contributed by atoms with Gasteiger partial charge < -0.3 is 14.7 Å². The molecule has 1 amide bonds. The third-order valence-corrected chi connectivity index (χ3v) is 4.36. The quantitative estimate of drug-likeness (QED) is 0.872. The molecule has 1 aliphatic heterocycles. The Hall–Kier alpha value is -1.77. The van der Waals surface area contributed by atoms with Crippen LogP contribution in [0.15, 0.2) is 22.0 Å². The van der Waals surface area contributed by atoms with Crippen molar-refractivity contribution in [1.82, 2.24) is 25.3 Å². The van der Waals surface area contributed by atoms with Crippen LogP contribution in [-0.2, 0) is 11.3 Å². The minimum atomic E-state index is 0.141. The summed E-state index contributed by atoms with van der Waals surface area (Å²) in [6.07, 6.45) is 0. The van der Waals surface area contributed by atoms with Crippen LogP contribution in [-0.4, -0.2) is 65.6 Å². The summed E-state index contributed by atoms with van der Waals surface area (Å²) in [6.45, 7) is 4.10. The van der Waals surface area contributed by atoms with Crippen LogP contribution in [0.5, 0.6) is 0 Å². The first-order valence-electron chi connectivity index (χ1n) is 7.26. The van der Waals surface area contributed by atoms with Gasteiger partial charge in [0.05, 0.1) is 18.0 Å². The molecular weight excluding hydrogens is 302 g/mol. The highest BCUT2D eigenvalue weighted by atomic mass is 32.1. The van der Waals surface area contributed by atoms with Gasteiger partial charge in [0.1, 0.15) is 0 Å². The average Bonchev–Trinajstić information content (AvgIpc) is 3.19. The average molecular weight is 321 g/mol. The molecule has 0 radical (unpaired) electrons. The second-order valence-corrected chi connectivity index (χ2v) is 6.24. The van der Waals surface area contributed by atoms with E-state index in [4.69, 9.17) is 4.52 Å². The Morgan fingerprint density at radius 3 is 3.05 bits per heavy atom. The smallest absolute Gasteiger partial charge is 0.241 e. The molecule has 0 unspecified atom stereocenters. The molecule has 1 N–H and O–H groups in total. The van der Waals surface area contributed by atoms with Crippen molar-refractivity contribution in [3.05, 3.63) is 23.4 Å². The molecule has 2 aromatic rings. The lowest BCUT2D eigenvalue weighted by atomic mass is 10.3. The molecule has 2 aromatic heterocycles. The summed E-state index contributed by atoms with van der Waals surface area (Å²) in [5.41, 5.74) is 0. The van der Waals surface area contributed by atoms with E-state index in [0.29, 0.717) is 24.8 Å². The van der Waals surface area contributed by atoms with E-state index in [1.807, 2.05) is 34.4 Å². The van der Waals surface area contributed by atoms with Gasteiger partial charge in [0.25, 0.3) is 0 Å². The van der Waals surface area contributed by atoms with Crippen molar-refractivity contribution in [2.24, 2.45) is 0 Å². The van der Waals surface area contributed by atoms with Gasteiger partial charge in [-0.15, -0.1) is 11.3 Å². The molecule has 7 nitrogen and oxygen atoms in total. The first-order chi connectivity index (χ1) is 10.7. The molecule has 0 saturated carbocycles. The fourth-order valence-electron chi connectivity index (χ4n) is 2.36. The predicted molar refractivity (Wildman–Crippen MR) is 83.4 cm³/mol. The fourth-order valence-corrected chi connectivity index (χ4v) is 3.01. The maximum Gasteiger partial charge on any atom is 0.241 e. The summed E-state index contributed by atoms with van der Waals surface area (Å²) in [5.74, 6) is 1.27. The van der Waals surface area contributed by atoms with Crippen LogP contribution in [0.4, 0.5) is 0 Å². The Morgan fingerprint density at radius 1 is 1.50 bits per heavy atom. The van der Waals surface area contributed by atoms with E-state index in [9.17, 15) is 4.79 Å². The fraction of sp³-hybridized carbons (Fsp3) is 0.500. The van der Waals surface area contributed by atoms with Crippen molar-refractivity contribution in [1.29, 1.82) is 0 Å². The molecule has 22 heavy (non-hydrogen) atoms. The second-order valence-electron chi connectivity index (χ2n) is 5.29. The van der Waals surface area contributed by atoms with Gasteiger partial charge in [-0.2, -0.15) is 4.98 Å². The molecule has 3 rings (SSSR count). The van der Waals surface area contributed by atoms with Crippen molar-refractivity contribution >= 4 is 17.2 Å². The second kappa shape index (κ2) is 6.99. The van der Waals surface area contributed by atoms with Crippen LogP contribution in [0.3, 0.4) is 0 Å². The van der Waals surface area contributed by atoms with Gasteiger partial charge in [-0.1, -0.05) is 11.2 Å². The molecular formula is C14H19N5O2S. The molecule has 0 aliphatic carbocycles. The third kappa shape index (κ3) is 3.70. The normalized spacial score (nSPS) is 15.5. The molecule has 0 bridgehead atoms. The Labute approximate surface area is 132 Å². The number of carbonyl (C=O) groups is 1. The van der Waals surface area contributed by atoms with E-state index in [2.05, 4.69) is 15.5 Å². The number of nitrogens with one attached hydrogen (secondary N) is 1. The number of likely N-dealkylation sites (N-methyl/N-ethyl adjacent to an activating group) is 1. The highest BCUT2D eigenvalue weighted by molar-refractivity contribution is 7.13. The highest BCUT2D eigenvalue weighted by Crippen LogP contribution is 2.21. The van der Waals surface area contributed by atoms with Gasteiger partial charge in [-0.05, 0) is 18.5 Å². The summed E-state index contributed by atoms with van der Waals surface area (Å²) in [5, 5.41) is 9.19. The lowest BCUT2D eigenvalue weighted by Gasteiger charge is -2.28. The number of piperazine rings is 1. The number of aromatic nitrogens is 2. The zero-order valence-electron chi connectivity index (χ0n) is 12.5. The Balaban J connectivity index is 1.53. The molecule has 118 valence electrons. The van der Waals surface area contributed by atoms with Crippen LogP contribution < -0.4 is 5.32 Å². The highest BCUT2D eigenvalue weighted by Gasteiger charge is 2.19. The summed E-state index contributed by atoms with van der Waals surface area (Å²) in [4.78, 5) is 21.3. The first kappa shape index (κ1) is 15.1. The largest absolute Gasteiger partial charge is 0.339 e. The number of hydrogen-bond acceptors (Lipinski definition) is 7. The van der Waals surface area contributed by atoms with Crippen molar-refractivity contribution in [3.63, 3.8) is 0 Å². The number of thiophene rings is 1. The van der Waals surface area contributed by atoms with Crippen molar-refractivity contribution < 1.29 is 9.32 Å². The van der Waals surface area contributed by atoms with Gasteiger partial charge in [0.2, 0.25) is 17.6 Å². The molecule has 8 heteroatoms. The van der Waals surface area contributed by atoms with E-state index < -0.39 is 0 Å². The summed E-state index contributed by atoms with van der Waals surface area (Å²) in [6, 6.07) is 3.91.